The van der Waals surface area contributed by atoms with Crippen LogP contribution < -0.4 is 0 Å². The number of carboxylic acid groups (broad SMARTS) is 2. The molecule has 1 aliphatic rings. The Kier molecular flexibility index (Phi) is 3.64. The van der Waals surface area contributed by atoms with Crippen LogP contribution in [-0.2, 0) is 14.4 Å². The number of carbonyl (C=O) groups excluding carboxylic acids is 1. The molecule has 1 aliphatic heterocycles. The number of nitrogens with zero attached hydrogens (tertiary/aromatic N) is 1. The van der Waals surface area contributed by atoms with Gasteiger partial charge in [0, 0.05) is 0 Å². The Labute approximate surface area is 92.9 Å². The minimum absolute atomic E-state index is 0.295. The maximum Gasteiger partial charge on any atom is 0.321 e. The number of Topliss-reactive ketones (excluding diaryl/α,β-unsaturated/α-hetero) is 1. The Morgan fingerprint density at radius 1 is 1.38 bits per heavy atom. The molecule has 3 unspecified atom stereocenters. The molecule has 3 atom stereocenters. The lowest BCUT2D eigenvalue weighted by Gasteiger charge is -2.23. The maximum atomic E-state index is 11.8. The summed E-state index contributed by atoms with van der Waals surface area (Å²) in [6, 6.07) is -1.53. The summed E-state index contributed by atoms with van der Waals surface area (Å²) in [6.45, 7) is 3.78. The Hall–Kier alpha value is -1.43. The Morgan fingerprint density at radius 2 is 1.94 bits per heavy atom. The van der Waals surface area contributed by atoms with Crippen molar-refractivity contribution in [1.82, 2.24) is 4.90 Å². The van der Waals surface area contributed by atoms with E-state index in [0.717, 1.165) is 0 Å². The number of hydrogen-bond acceptors (Lipinski definition) is 4. The fourth-order valence-corrected chi connectivity index (χ4v) is 2.29. The van der Waals surface area contributed by atoms with Crippen LogP contribution in [0, 0.1) is 5.92 Å². The molecule has 16 heavy (non-hydrogen) atoms. The van der Waals surface area contributed by atoms with E-state index in [4.69, 9.17) is 10.2 Å². The van der Waals surface area contributed by atoms with Crippen molar-refractivity contribution in [2.24, 2.45) is 5.92 Å². The summed E-state index contributed by atoms with van der Waals surface area (Å²) in [5.41, 5.74) is 0. The second kappa shape index (κ2) is 4.61. The lowest BCUT2D eigenvalue weighted by molar-refractivity contribution is -0.146. The summed E-state index contributed by atoms with van der Waals surface area (Å²) in [6.07, 6.45) is -0.420. The second-order valence-electron chi connectivity index (χ2n) is 3.90. The lowest BCUT2D eigenvalue weighted by atomic mass is 9.94. The molecule has 0 amide bonds. The van der Waals surface area contributed by atoms with Gasteiger partial charge in [-0.3, -0.25) is 19.3 Å². The van der Waals surface area contributed by atoms with E-state index in [0.29, 0.717) is 6.54 Å². The highest BCUT2D eigenvalue weighted by Gasteiger charge is 2.49. The van der Waals surface area contributed by atoms with Crippen molar-refractivity contribution in [1.29, 1.82) is 0 Å². The number of rotatable bonds is 4. The van der Waals surface area contributed by atoms with E-state index in [1.54, 1.807) is 13.8 Å². The van der Waals surface area contributed by atoms with Crippen molar-refractivity contribution in [3.05, 3.63) is 0 Å². The number of aliphatic carboxylic acids is 2. The van der Waals surface area contributed by atoms with E-state index in [1.165, 1.54) is 4.90 Å². The average molecular weight is 229 g/mol. The predicted molar refractivity (Wildman–Crippen MR) is 54.0 cm³/mol. The molecule has 1 saturated heterocycles. The normalized spacial score (nSPS) is 30.6. The summed E-state index contributed by atoms with van der Waals surface area (Å²) >= 11 is 0. The van der Waals surface area contributed by atoms with Crippen LogP contribution in [0.2, 0.25) is 0 Å². The first kappa shape index (κ1) is 12.6. The van der Waals surface area contributed by atoms with E-state index in [-0.39, 0.29) is 5.78 Å². The third-order valence-electron chi connectivity index (χ3n) is 3.03. The van der Waals surface area contributed by atoms with Crippen LogP contribution in [0.1, 0.15) is 20.3 Å². The van der Waals surface area contributed by atoms with Crippen molar-refractivity contribution in [3.63, 3.8) is 0 Å². The topological polar surface area (TPSA) is 94.9 Å². The van der Waals surface area contributed by atoms with Gasteiger partial charge in [-0.2, -0.15) is 0 Å². The highest BCUT2D eigenvalue weighted by molar-refractivity contribution is 5.97. The van der Waals surface area contributed by atoms with Crippen LogP contribution in [0.4, 0.5) is 0 Å². The molecule has 1 fully saturated rings. The highest BCUT2D eigenvalue weighted by atomic mass is 16.4. The molecule has 0 radical (unpaired) electrons. The molecular weight excluding hydrogens is 214 g/mol. The summed E-state index contributed by atoms with van der Waals surface area (Å²) < 4.78 is 0. The van der Waals surface area contributed by atoms with E-state index in [2.05, 4.69) is 0 Å². The second-order valence-corrected chi connectivity index (χ2v) is 3.90. The maximum absolute atomic E-state index is 11.8. The van der Waals surface area contributed by atoms with E-state index in [1.807, 2.05) is 0 Å². The van der Waals surface area contributed by atoms with Crippen molar-refractivity contribution < 1.29 is 24.6 Å². The number of carbonyl (C=O) groups is 3. The monoisotopic (exact) mass is 229 g/mol. The average Bonchev–Trinajstić information content (AvgIpc) is 2.41. The first-order valence-electron chi connectivity index (χ1n) is 5.14. The van der Waals surface area contributed by atoms with Crippen LogP contribution >= 0.6 is 0 Å². The number of ketones is 1. The third-order valence-corrected chi connectivity index (χ3v) is 3.03. The molecule has 0 bridgehead atoms. The molecule has 90 valence electrons. The molecule has 0 aromatic heterocycles. The molecule has 2 N–H and O–H groups in total. The van der Waals surface area contributed by atoms with Crippen molar-refractivity contribution in [2.75, 3.05) is 6.54 Å². The zero-order chi connectivity index (χ0) is 12.5. The van der Waals surface area contributed by atoms with E-state index >= 15 is 0 Å². The predicted octanol–water partition coefficient (Wildman–Crippen LogP) is -0.176. The Balaban J connectivity index is 3.00. The van der Waals surface area contributed by atoms with Gasteiger partial charge in [0.15, 0.2) is 5.78 Å². The number of hydrogen-bond donors (Lipinski definition) is 2. The summed E-state index contributed by atoms with van der Waals surface area (Å²) in [5, 5.41) is 17.7. The molecule has 0 aliphatic carbocycles. The number of carboxylic acids is 2. The molecule has 1 rings (SSSR count). The summed E-state index contributed by atoms with van der Waals surface area (Å²) in [4.78, 5) is 35.0. The summed E-state index contributed by atoms with van der Waals surface area (Å²) in [7, 11) is 0. The van der Waals surface area contributed by atoms with Crippen LogP contribution in [0.25, 0.3) is 0 Å². The quantitative estimate of drug-likeness (QED) is 0.694. The highest BCUT2D eigenvalue weighted by Crippen LogP contribution is 2.29. The molecule has 0 saturated carbocycles. The molecule has 6 nitrogen and oxygen atoms in total. The first-order valence-corrected chi connectivity index (χ1v) is 5.14. The Bertz CT molecular complexity index is 327. The van der Waals surface area contributed by atoms with Crippen molar-refractivity contribution in [2.45, 2.75) is 32.4 Å². The van der Waals surface area contributed by atoms with E-state index < -0.39 is 36.4 Å². The molecule has 0 aromatic rings. The summed E-state index contributed by atoms with van der Waals surface area (Å²) in [5.74, 6) is -3.51. The van der Waals surface area contributed by atoms with Gasteiger partial charge >= 0.3 is 11.9 Å². The van der Waals surface area contributed by atoms with Gasteiger partial charge < -0.3 is 10.2 Å². The SMILES string of the molecule is CCN1C(C)C(=O)C(CC(=O)O)C1C(=O)O. The zero-order valence-electron chi connectivity index (χ0n) is 9.21. The first-order chi connectivity index (χ1) is 7.40. The van der Waals surface area contributed by atoms with Gasteiger partial charge in [-0.05, 0) is 13.5 Å². The fraction of sp³-hybridized carbons (Fsp3) is 0.700. The van der Waals surface area contributed by atoms with Gasteiger partial charge in [0.2, 0.25) is 0 Å². The largest absolute Gasteiger partial charge is 0.481 e. The van der Waals surface area contributed by atoms with Crippen LogP contribution in [0.15, 0.2) is 0 Å². The fourth-order valence-electron chi connectivity index (χ4n) is 2.29. The number of likely N-dealkylation sites (N-methyl/N-ethyl adjacent to an activating group) is 1. The van der Waals surface area contributed by atoms with Crippen LogP contribution in [-0.4, -0.2) is 51.5 Å². The van der Waals surface area contributed by atoms with Gasteiger partial charge in [-0.25, -0.2) is 0 Å². The van der Waals surface area contributed by atoms with Crippen LogP contribution in [0.3, 0.4) is 0 Å². The minimum Gasteiger partial charge on any atom is -0.481 e. The molecule has 6 heteroatoms. The third kappa shape index (κ3) is 2.06. The number of likely N-dealkylation sites (tertiary alicyclic amines) is 1. The zero-order valence-corrected chi connectivity index (χ0v) is 9.21. The standard InChI is InChI=1S/C10H15NO5/c1-3-11-5(2)9(14)6(4-7(12)13)8(11)10(15)16/h5-6,8H,3-4H2,1-2H3,(H,12,13)(H,15,16). The van der Waals surface area contributed by atoms with Gasteiger partial charge in [-0.15, -0.1) is 0 Å². The van der Waals surface area contributed by atoms with Crippen molar-refractivity contribution >= 4 is 17.7 Å². The Morgan fingerprint density at radius 3 is 2.31 bits per heavy atom. The molecule has 0 aromatic carbocycles. The van der Waals surface area contributed by atoms with Crippen LogP contribution in [0.5, 0.6) is 0 Å². The van der Waals surface area contributed by atoms with Crippen molar-refractivity contribution in [3.8, 4) is 0 Å². The molecule has 1 heterocycles. The molecule has 0 spiro atoms. The van der Waals surface area contributed by atoms with Gasteiger partial charge in [-0.1, -0.05) is 6.92 Å². The van der Waals surface area contributed by atoms with Gasteiger partial charge in [0.25, 0.3) is 0 Å². The smallest absolute Gasteiger partial charge is 0.321 e. The van der Waals surface area contributed by atoms with Gasteiger partial charge in [0.05, 0.1) is 18.4 Å². The van der Waals surface area contributed by atoms with E-state index in [9.17, 15) is 14.4 Å². The molecular formula is C10H15NO5. The van der Waals surface area contributed by atoms with Gasteiger partial charge in [0.1, 0.15) is 6.04 Å². The lowest BCUT2D eigenvalue weighted by Crippen LogP contribution is -2.42. The minimum atomic E-state index is -1.14.